The topological polar surface area (TPSA) is 87.0 Å². The fourth-order valence-corrected chi connectivity index (χ4v) is 2.15. The van der Waals surface area contributed by atoms with Crippen molar-refractivity contribution in [3.63, 3.8) is 0 Å². The maximum atomic E-state index is 11.3. The lowest BCUT2D eigenvalue weighted by atomic mass is 9.91. The van der Waals surface area contributed by atoms with Gasteiger partial charge in [0.2, 0.25) is 5.82 Å². The molecule has 2 aromatic rings. The Balaban J connectivity index is 2.67. The molecule has 7 heteroatoms. The molecule has 2 N–H and O–H groups in total. The van der Waals surface area contributed by atoms with Gasteiger partial charge in [0.1, 0.15) is 5.69 Å². The van der Waals surface area contributed by atoms with Crippen molar-refractivity contribution in [3.8, 4) is 5.69 Å². The van der Waals surface area contributed by atoms with Crippen LogP contribution in [0.1, 0.15) is 26.5 Å². The van der Waals surface area contributed by atoms with E-state index in [0.717, 1.165) is 4.47 Å². The van der Waals surface area contributed by atoms with Crippen LogP contribution in [-0.2, 0) is 5.41 Å². The highest BCUT2D eigenvalue weighted by Gasteiger charge is 2.33. The SMILES string of the molecule is CC(C)(C)c1nn(-c2ccc(Br)cc2)c(N)c1[N+](=O)[O-]. The van der Waals surface area contributed by atoms with Crippen LogP contribution in [0.4, 0.5) is 11.5 Å². The Hall–Kier alpha value is -1.89. The van der Waals surface area contributed by atoms with Crippen molar-refractivity contribution < 1.29 is 4.92 Å². The van der Waals surface area contributed by atoms with Crippen molar-refractivity contribution in [1.29, 1.82) is 0 Å². The number of hydrogen-bond donors (Lipinski definition) is 1. The molecule has 0 atom stereocenters. The smallest absolute Gasteiger partial charge is 0.334 e. The molecule has 0 aliphatic rings. The van der Waals surface area contributed by atoms with E-state index in [9.17, 15) is 10.1 Å². The highest BCUT2D eigenvalue weighted by Crippen LogP contribution is 2.36. The third kappa shape index (κ3) is 2.53. The van der Waals surface area contributed by atoms with Gasteiger partial charge in [0.15, 0.2) is 0 Å². The monoisotopic (exact) mass is 338 g/mol. The summed E-state index contributed by atoms with van der Waals surface area (Å²) in [7, 11) is 0. The van der Waals surface area contributed by atoms with Crippen molar-refractivity contribution in [2.24, 2.45) is 0 Å². The molecule has 20 heavy (non-hydrogen) atoms. The molecule has 6 nitrogen and oxygen atoms in total. The number of nitrogens with two attached hydrogens (primary N) is 1. The van der Waals surface area contributed by atoms with Crippen LogP contribution in [0.2, 0.25) is 0 Å². The van der Waals surface area contributed by atoms with E-state index in [1.165, 1.54) is 4.68 Å². The Morgan fingerprint density at radius 3 is 2.25 bits per heavy atom. The van der Waals surface area contributed by atoms with Gasteiger partial charge in [0, 0.05) is 9.89 Å². The molecule has 0 fully saturated rings. The van der Waals surface area contributed by atoms with Crippen molar-refractivity contribution in [2.75, 3.05) is 5.73 Å². The number of nitrogens with zero attached hydrogens (tertiary/aromatic N) is 3. The van der Waals surface area contributed by atoms with E-state index in [4.69, 9.17) is 5.73 Å². The van der Waals surface area contributed by atoms with E-state index in [-0.39, 0.29) is 11.5 Å². The van der Waals surface area contributed by atoms with Crippen molar-refractivity contribution in [2.45, 2.75) is 26.2 Å². The number of benzene rings is 1. The molecule has 1 aromatic heterocycles. The molecule has 0 unspecified atom stereocenters. The van der Waals surface area contributed by atoms with Crippen LogP contribution in [0, 0.1) is 10.1 Å². The van der Waals surface area contributed by atoms with E-state index >= 15 is 0 Å². The Morgan fingerprint density at radius 2 is 1.85 bits per heavy atom. The standard InChI is InChI=1S/C13H15BrN4O2/c1-13(2,3)11-10(18(19)20)12(15)17(16-11)9-6-4-8(14)5-7-9/h4-7H,15H2,1-3H3. The zero-order chi connectivity index (χ0) is 15.1. The first-order valence-electron chi connectivity index (χ1n) is 6.01. The van der Waals surface area contributed by atoms with Gasteiger partial charge >= 0.3 is 5.69 Å². The lowest BCUT2D eigenvalue weighted by Crippen LogP contribution is -2.14. The lowest BCUT2D eigenvalue weighted by molar-refractivity contribution is -0.385. The maximum absolute atomic E-state index is 11.3. The van der Waals surface area contributed by atoms with Crippen molar-refractivity contribution in [3.05, 3.63) is 44.5 Å². The van der Waals surface area contributed by atoms with E-state index in [2.05, 4.69) is 21.0 Å². The molecular weight excluding hydrogens is 324 g/mol. The Bertz CT molecular complexity index is 656. The molecule has 1 aromatic carbocycles. The Morgan fingerprint density at radius 1 is 1.30 bits per heavy atom. The normalized spacial score (nSPS) is 11.6. The molecule has 0 aliphatic carbocycles. The van der Waals surface area contributed by atoms with Crippen LogP contribution in [0.5, 0.6) is 0 Å². The van der Waals surface area contributed by atoms with Gasteiger partial charge in [-0.2, -0.15) is 5.10 Å². The Kier molecular flexibility index (Phi) is 3.56. The minimum Gasteiger partial charge on any atom is -0.378 e. The summed E-state index contributed by atoms with van der Waals surface area (Å²) in [4.78, 5) is 10.8. The van der Waals surface area contributed by atoms with Gasteiger partial charge in [-0.15, -0.1) is 0 Å². The van der Waals surface area contributed by atoms with Gasteiger partial charge in [-0.3, -0.25) is 10.1 Å². The van der Waals surface area contributed by atoms with Gasteiger partial charge in [-0.05, 0) is 24.3 Å². The van der Waals surface area contributed by atoms with Gasteiger partial charge in [0.05, 0.1) is 10.6 Å². The number of aromatic nitrogens is 2. The summed E-state index contributed by atoms with van der Waals surface area (Å²) in [5, 5.41) is 15.6. The van der Waals surface area contributed by atoms with Crippen LogP contribution in [-0.4, -0.2) is 14.7 Å². The maximum Gasteiger partial charge on any atom is 0.334 e. The van der Waals surface area contributed by atoms with Crippen LogP contribution in [0.15, 0.2) is 28.7 Å². The minimum atomic E-state index is -0.474. The zero-order valence-corrected chi connectivity index (χ0v) is 13.0. The molecule has 0 spiro atoms. The van der Waals surface area contributed by atoms with E-state index < -0.39 is 10.3 Å². The highest BCUT2D eigenvalue weighted by atomic mass is 79.9. The molecule has 106 valence electrons. The predicted molar refractivity (Wildman–Crippen MR) is 81.0 cm³/mol. The molecular formula is C13H15BrN4O2. The van der Waals surface area contributed by atoms with E-state index in [0.29, 0.717) is 11.4 Å². The summed E-state index contributed by atoms with van der Waals surface area (Å²) in [6.07, 6.45) is 0. The number of hydrogen-bond acceptors (Lipinski definition) is 4. The minimum absolute atomic E-state index is 0.0437. The first-order valence-corrected chi connectivity index (χ1v) is 6.80. The summed E-state index contributed by atoms with van der Waals surface area (Å²) >= 11 is 3.34. The van der Waals surface area contributed by atoms with Crippen LogP contribution >= 0.6 is 15.9 Å². The number of anilines is 1. The van der Waals surface area contributed by atoms with Crippen molar-refractivity contribution >= 4 is 27.4 Å². The van der Waals surface area contributed by atoms with E-state index in [1.54, 1.807) is 12.1 Å². The van der Waals surface area contributed by atoms with Gasteiger partial charge in [-0.1, -0.05) is 36.7 Å². The van der Waals surface area contributed by atoms with Gasteiger partial charge in [-0.25, -0.2) is 4.68 Å². The average molecular weight is 339 g/mol. The fourth-order valence-electron chi connectivity index (χ4n) is 1.89. The van der Waals surface area contributed by atoms with E-state index in [1.807, 2.05) is 32.9 Å². The summed E-state index contributed by atoms with van der Waals surface area (Å²) < 4.78 is 2.32. The predicted octanol–water partition coefficient (Wildman–Crippen LogP) is 3.42. The molecule has 0 bridgehead atoms. The summed E-state index contributed by atoms with van der Waals surface area (Å²) in [6.45, 7) is 5.61. The van der Waals surface area contributed by atoms with Crippen LogP contribution < -0.4 is 5.73 Å². The van der Waals surface area contributed by atoms with Gasteiger partial charge < -0.3 is 5.73 Å². The first-order chi connectivity index (χ1) is 9.21. The zero-order valence-electron chi connectivity index (χ0n) is 11.4. The molecule has 2 rings (SSSR count). The third-order valence-electron chi connectivity index (χ3n) is 2.86. The van der Waals surface area contributed by atoms with Gasteiger partial charge in [0.25, 0.3) is 0 Å². The second kappa shape index (κ2) is 4.90. The molecule has 0 saturated carbocycles. The molecule has 0 amide bonds. The summed E-state index contributed by atoms with van der Waals surface area (Å²) in [5.74, 6) is 0.0437. The first kappa shape index (κ1) is 14.5. The second-order valence-corrected chi connectivity index (χ2v) is 6.39. The van der Waals surface area contributed by atoms with Crippen molar-refractivity contribution in [1.82, 2.24) is 9.78 Å². The molecule has 1 heterocycles. The number of nitrogen functional groups attached to an aromatic ring is 1. The number of rotatable bonds is 2. The molecule has 0 radical (unpaired) electrons. The molecule has 0 saturated heterocycles. The number of nitro groups is 1. The summed E-state index contributed by atoms with van der Waals surface area (Å²) in [6, 6.07) is 7.26. The lowest BCUT2D eigenvalue weighted by Gasteiger charge is -2.13. The average Bonchev–Trinajstić information content (AvgIpc) is 2.68. The second-order valence-electron chi connectivity index (χ2n) is 5.48. The highest BCUT2D eigenvalue weighted by molar-refractivity contribution is 9.10. The third-order valence-corrected chi connectivity index (χ3v) is 3.39. The number of halogens is 1. The largest absolute Gasteiger partial charge is 0.378 e. The molecule has 0 aliphatic heterocycles. The quantitative estimate of drug-likeness (QED) is 0.671. The Labute approximate surface area is 124 Å². The fraction of sp³-hybridized carbons (Fsp3) is 0.308. The summed E-state index contributed by atoms with van der Waals surface area (Å²) in [5.41, 5.74) is 6.40. The van der Waals surface area contributed by atoms with Crippen LogP contribution in [0.3, 0.4) is 0 Å². The van der Waals surface area contributed by atoms with Crippen LogP contribution in [0.25, 0.3) is 5.69 Å².